The summed E-state index contributed by atoms with van der Waals surface area (Å²) in [5, 5.41) is 0. The summed E-state index contributed by atoms with van der Waals surface area (Å²) in [5.74, 6) is 0. The second-order valence-corrected chi connectivity index (χ2v) is 4.99. The standard InChI is InChI=1S/C5H5.C3H9P.Co.I2/c1-2-4-5-3-1;1-4(2)3;;1-2/h1-5H;1-3H3;;. The average molecular weight is 454 g/mol. The number of halogens is 2. The zero-order chi connectivity index (χ0) is 9.11. The van der Waals surface area contributed by atoms with Crippen LogP contribution in [0.4, 0.5) is 0 Å². The first-order valence-electron chi connectivity index (χ1n) is 3.15. The maximum absolute atomic E-state index is 2.23. The molecule has 0 saturated heterocycles. The van der Waals surface area contributed by atoms with Gasteiger partial charge in [-0.05, 0) is 20.0 Å². The van der Waals surface area contributed by atoms with Crippen molar-refractivity contribution in [2.45, 2.75) is 0 Å². The minimum absolute atomic E-state index is 0. The van der Waals surface area contributed by atoms with Crippen LogP contribution in [0.15, 0.2) is 24.3 Å². The van der Waals surface area contributed by atoms with Gasteiger partial charge in [-0.1, -0.05) is 24.3 Å². The molecule has 1 aliphatic rings. The Bertz CT molecular complexity index is 101. The first-order chi connectivity index (χ1) is 5.23. The molecule has 0 heterocycles. The van der Waals surface area contributed by atoms with Crippen molar-refractivity contribution in [2.75, 3.05) is 20.0 Å². The summed E-state index contributed by atoms with van der Waals surface area (Å²) in [6.45, 7) is 6.69. The van der Waals surface area contributed by atoms with Gasteiger partial charge in [0.25, 0.3) is 0 Å². The van der Waals surface area contributed by atoms with Crippen molar-refractivity contribution in [3.05, 3.63) is 30.7 Å². The van der Waals surface area contributed by atoms with E-state index in [0.717, 1.165) is 0 Å². The number of hydrogen-bond acceptors (Lipinski definition) is 0. The molecule has 0 fully saturated rings. The van der Waals surface area contributed by atoms with Crippen molar-refractivity contribution in [2.24, 2.45) is 0 Å². The van der Waals surface area contributed by atoms with Crippen molar-refractivity contribution in [3.8, 4) is 0 Å². The molecule has 0 amide bonds. The zero-order valence-corrected chi connectivity index (χ0v) is 13.7. The van der Waals surface area contributed by atoms with E-state index in [1.165, 1.54) is 0 Å². The third kappa shape index (κ3) is 29.7. The summed E-state index contributed by atoms with van der Waals surface area (Å²) in [6, 6.07) is 0. The molecule has 1 aliphatic carbocycles. The molecule has 0 aromatic rings. The molecule has 4 heteroatoms. The molecule has 1 rings (SSSR count). The molecule has 0 spiro atoms. The quantitative estimate of drug-likeness (QED) is 0.376. The summed E-state index contributed by atoms with van der Waals surface area (Å²) < 4.78 is 0. The second-order valence-electron chi connectivity index (χ2n) is 2.30. The SMILES string of the molecule is CP(C)C.II.[CH]1C=CC=C1.[Co]. The molecule has 2 radical (unpaired) electrons. The number of rotatable bonds is 0. The molecule has 0 N–H and O–H groups in total. The third-order valence-corrected chi connectivity index (χ3v) is 0.556. The first-order valence-corrected chi connectivity index (χ1v) is 12.1. The van der Waals surface area contributed by atoms with Gasteiger partial charge in [-0.3, -0.25) is 0 Å². The van der Waals surface area contributed by atoms with E-state index in [0.29, 0.717) is 7.92 Å². The number of allylic oxidation sites excluding steroid dienone is 4. The van der Waals surface area contributed by atoms with Crippen LogP contribution >= 0.6 is 45.2 Å². The van der Waals surface area contributed by atoms with E-state index < -0.39 is 0 Å². The Hall–Kier alpha value is 1.88. The van der Waals surface area contributed by atoms with Gasteiger partial charge >= 0.3 is 0 Å². The van der Waals surface area contributed by atoms with Crippen LogP contribution in [0.3, 0.4) is 0 Å². The Morgan fingerprint density at radius 1 is 0.833 bits per heavy atom. The van der Waals surface area contributed by atoms with Crippen LogP contribution in [0, 0.1) is 6.42 Å². The summed E-state index contributed by atoms with van der Waals surface area (Å²) >= 11 is 4.24. The molecule has 0 atom stereocenters. The van der Waals surface area contributed by atoms with E-state index in [1.807, 2.05) is 30.7 Å². The number of hydrogen-bond donors (Lipinski definition) is 0. The van der Waals surface area contributed by atoms with E-state index in [9.17, 15) is 0 Å². The van der Waals surface area contributed by atoms with E-state index in [-0.39, 0.29) is 16.8 Å². The summed E-state index contributed by atoms with van der Waals surface area (Å²) in [6.07, 6.45) is 10.0. The van der Waals surface area contributed by atoms with Gasteiger partial charge in [-0.15, -0.1) is 7.92 Å². The van der Waals surface area contributed by atoms with Crippen LogP contribution in [0.2, 0.25) is 0 Å². The molecule has 0 bridgehead atoms. The van der Waals surface area contributed by atoms with Gasteiger partial charge in [-0.25, -0.2) is 0 Å². The molecule has 0 saturated carbocycles. The van der Waals surface area contributed by atoms with Gasteiger partial charge in [0.05, 0.1) is 0 Å². The van der Waals surface area contributed by atoms with Crippen LogP contribution in [0.25, 0.3) is 0 Å². The van der Waals surface area contributed by atoms with Crippen LogP contribution < -0.4 is 0 Å². The largest absolute Gasteiger partial charge is 0.116 e. The van der Waals surface area contributed by atoms with E-state index >= 15 is 0 Å². The van der Waals surface area contributed by atoms with Crippen molar-refractivity contribution < 1.29 is 16.8 Å². The Morgan fingerprint density at radius 3 is 1.17 bits per heavy atom. The molecular weight excluding hydrogens is 440 g/mol. The van der Waals surface area contributed by atoms with Gasteiger partial charge in [0.2, 0.25) is 0 Å². The topological polar surface area (TPSA) is 0 Å². The molecule has 74 valence electrons. The molecule has 0 nitrogen and oxygen atoms in total. The van der Waals surface area contributed by atoms with Crippen molar-refractivity contribution in [3.63, 3.8) is 0 Å². The Balaban J connectivity index is -0.000000107. The maximum atomic E-state index is 2.23. The molecular formula is C8H14CoI2P. The fourth-order valence-electron chi connectivity index (χ4n) is 0.321. The van der Waals surface area contributed by atoms with Gasteiger partial charge in [-0.2, -0.15) is 0 Å². The van der Waals surface area contributed by atoms with E-state index in [1.54, 1.807) is 0 Å². The minimum Gasteiger partial charge on any atom is -0.116 e. The van der Waals surface area contributed by atoms with Crippen molar-refractivity contribution >= 4 is 45.2 Å². The monoisotopic (exact) mass is 454 g/mol. The molecule has 0 aliphatic heterocycles. The predicted molar refractivity (Wildman–Crippen MR) is 75.3 cm³/mol. The van der Waals surface area contributed by atoms with Crippen molar-refractivity contribution in [1.82, 2.24) is 0 Å². The summed E-state index contributed by atoms with van der Waals surface area (Å²) in [5.41, 5.74) is 0. The minimum atomic E-state index is 0. The van der Waals surface area contributed by atoms with Crippen LogP contribution in [0.5, 0.6) is 0 Å². The Labute approximate surface area is 111 Å². The fraction of sp³-hybridized carbons (Fsp3) is 0.375. The smallest absolute Gasteiger partial charge is 0.00506 e. The van der Waals surface area contributed by atoms with Gasteiger partial charge < -0.3 is 0 Å². The average Bonchev–Trinajstić information content (AvgIpc) is 2.44. The van der Waals surface area contributed by atoms with E-state index in [4.69, 9.17) is 0 Å². The van der Waals surface area contributed by atoms with Crippen molar-refractivity contribution in [1.29, 1.82) is 0 Å². The Morgan fingerprint density at radius 2 is 1.08 bits per heavy atom. The van der Waals surface area contributed by atoms with Gasteiger partial charge in [0.1, 0.15) is 0 Å². The van der Waals surface area contributed by atoms with Crippen LogP contribution in [0.1, 0.15) is 0 Å². The first kappa shape index (κ1) is 19.4. The summed E-state index contributed by atoms with van der Waals surface area (Å²) in [7, 11) is 0.380. The summed E-state index contributed by atoms with van der Waals surface area (Å²) in [4.78, 5) is 0. The maximum Gasteiger partial charge on any atom is 0.00506 e. The van der Waals surface area contributed by atoms with E-state index in [2.05, 4.69) is 57.2 Å². The third-order valence-electron chi connectivity index (χ3n) is 0.556. The molecule has 0 aromatic carbocycles. The molecule has 0 aromatic heterocycles. The van der Waals surface area contributed by atoms with Gasteiger partial charge in [0.15, 0.2) is 0 Å². The second kappa shape index (κ2) is 18.6. The zero-order valence-electron chi connectivity index (χ0n) is 7.42. The molecule has 0 unspecified atom stereocenters. The van der Waals surface area contributed by atoms with Crippen LogP contribution in [-0.4, -0.2) is 20.0 Å². The Kier molecular flexibility index (Phi) is 30.2. The predicted octanol–water partition coefficient (Wildman–Crippen LogP) is 4.44. The fourth-order valence-corrected chi connectivity index (χ4v) is 0.321. The molecule has 12 heavy (non-hydrogen) atoms. The van der Waals surface area contributed by atoms with Crippen LogP contribution in [-0.2, 0) is 16.8 Å². The van der Waals surface area contributed by atoms with Gasteiger partial charge in [0, 0.05) is 60.4 Å². The normalized spacial score (nSPS) is 10.8.